The van der Waals surface area contributed by atoms with Crippen LogP contribution in [0.25, 0.3) is 0 Å². The Bertz CT molecular complexity index is 98.1. The van der Waals surface area contributed by atoms with Gasteiger partial charge in [0.05, 0.1) is 13.7 Å². The molecular formula is C6H11NO2. The lowest BCUT2D eigenvalue weighted by molar-refractivity contribution is -0.138. The molecule has 0 saturated heterocycles. The van der Waals surface area contributed by atoms with E-state index in [1.165, 1.54) is 7.11 Å². The van der Waals surface area contributed by atoms with Crippen molar-refractivity contribution in [2.45, 2.75) is 6.92 Å². The number of nitrogens with two attached hydrogens (primary N) is 1. The molecule has 9 heavy (non-hydrogen) atoms. The Morgan fingerprint density at radius 2 is 2.22 bits per heavy atom. The van der Waals surface area contributed by atoms with Crippen molar-refractivity contribution in [1.82, 2.24) is 0 Å². The molecule has 3 nitrogen and oxygen atoms in total. The summed E-state index contributed by atoms with van der Waals surface area (Å²) in [6.45, 7) is 1.62. The number of esters is 1. The predicted octanol–water partition coefficient (Wildman–Crippen LogP) is -0.242. The molecule has 0 aliphatic heterocycles. The van der Waals surface area contributed by atoms with Gasteiger partial charge >= 0.3 is 5.97 Å². The Morgan fingerprint density at radius 3 is 2.22 bits per heavy atom. The van der Waals surface area contributed by atoms with Crippen molar-refractivity contribution in [2.75, 3.05) is 13.7 Å². The van der Waals surface area contributed by atoms with E-state index in [1.54, 1.807) is 6.92 Å². The minimum atomic E-state index is -0.380. The van der Waals surface area contributed by atoms with Crippen LogP contribution in [0.4, 0.5) is 0 Å². The first-order valence-corrected chi connectivity index (χ1v) is 2.37. The number of hydrogen-bond donors (Lipinski definition) is 1. The van der Waals surface area contributed by atoms with Gasteiger partial charge in [0.15, 0.2) is 0 Å². The fourth-order valence-electron chi connectivity index (χ4n) is 0.0833. The van der Waals surface area contributed by atoms with E-state index in [-0.39, 0.29) is 12.5 Å². The number of carbonyl (C=O) groups excluding carboxylic acids is 1. The van der Waals surface area contributed by atoms with E-state index in [0.29, 0.717) is 0 Å². The second-order valence-electron chi connectivity index (χ2n) is 1.07. The van der Waals surface area contributed by atoms with Gasteiger partial charge in [0, 0.05) is 0 Å². The minimum Gasteiger partial charge on any atom is -0.468 e. The van der Waals surface area contributed by atoms with Crippen LogP contribution >= 0.6 is 0 Å². The molecule has 3 heteroatoms. The summed E-state index contributed by atoms with van der Waals surface area (Å²) in [7, 11) is 1.30. The van der Waals surface area contributed by atoms with Gasteiger partial charge in [-0.2, -0.15) is 0 Å². The van der Waals surface area contributed by atoms with Crippen LogP contribution in [0.3, 0.4) is 0 Å². The highest BCUT2D eigenvalue weighted by molar-refractivity contribution is 5.70. The van der Waals surface area contributed by atoms with Crippen molar-refractivity contribution in [3.05, 3.63) is 0 Å². The molecule has 0 heterocycles. The van der Waals surface area contributed by atoms with Crippen molar-refractivity contribution < 1.29 is 9.53 Å². The van der Waals surface area contributed by atoms with Gasteiger partial charge in [0.2, 0.25) is 0 Å². The molecule has 0 rings (SSSR count). The topological polar surface area (TPSA) is 52.3 Å². The van der Waals surface area contributed by atoms with E-state index in [2.05, 4.69) is 17.1 Å². The highest BCUT2D eigenvalue weighted by Gasteiger charge is 1.87. The zero-order valence-corrected chi connectivity index (χ0v) is 5.68. The Labute approximate surface area is 55.2 Å². The minimum absolute atomic E-state index is 0.0312. The first-order chi connectivity index (χ1) is 4.22. The summed E-state index contributed by atoms with van der Waals surface area (Å²) in [4.78, 5) is 9.83. The maximum Gasteiger partial charge on any atom is 0.319 e. The monoisotopic (exact) mass is 129 g/mol. The molecular weight excluding hydrogens is 118 g/mol. The van der Waals surface area contributed by atoms with Gasteiger partial charge in [-0.25, -0.2) is 0 Å². The van der Waals surface area contributed by atoms with Crippen molar-refractivity contribution in [3.63, 3.8) is 0 Å². The number of hydrogen-bond acceptors (Lipinski definition) is 3. The molecule has 0 unspecified atom stereocenters. The first kappa shape index (κ1) is 10.9. The third-order valence-corrected chi connectivity index (χ3v) is 0.394. The van der Waals surface area contributed by atoms with E-state index in [4.69, 9.17) is 5.73 Å². The maximum absolute atomic E-state index is 9.83. The summed E-state index contributed by atoms with van der Waals surface area (Å²) in [5.74, 6) is 1.87. The number of terminal acetylenes is 1. The van der Waals surface area contributed by atoms with Gasteiger partial charge < -0.3 is 10.5 Å². The lowest BCUT2D eigenvalue weighted by atomic mass is 10.7. The molecule has 0 aliphatic carbocycles. The first-order valence-electron chi connectivity index (χ1n) is 2.37. The maximum atomic E-state index is 9.83. The average Bonchev–Trinajstić information content (AvgIpc) is 1.88. The van der Waals surface area contributed by atoms with Crippen LogP contribution in [-0.2, 0) is 9.53 Å². The third kappa shape index (κ3) is 19.5. The molecule has 0 radical (unpaired) electrons. The quantitative estimate of drug-likeness (QED) is 0.392. The van der Waals surface area contributed by atoms with Crippen molar-refractivity contribution in [3.8, 4) is 12.3 Å². The molecule has 0 amide bonds. The third-order valence-electron chi connectivity index (χ3n) is 0.394. The Morgan fingerprint density at radius 1 is 1.89 bits per heavy atom. The second-order valence-corrected chi connectivity index (χ2v) is 1.07. The normalized spacial score (nSPS) is 6.00. The van der Waals surface area contributed by atoms with Crippen molar-refractivity contribution in [2.24, 2.45) is 5.73 Å². The van der Waals surface area contributed by atoms with Crippen LogP contribution in [0.2, 0.25) is 0 Å². The molecule has 0 atom stereocenters. The largest absolute Gasteiger partial charge is 0.468 e. The standard InChI is InChI=1S/C3H7NO2.C3H4/c1-6-3(5)2-4;1-3-2/h2,4H2,1H3;1H,2H3. The van der Waals surface area contributed by atoms with Gasteiger partial charge in [-0.1, -0.05) is 0 Å². The zero-order chi connectivity index (χ0) is 7.70. The molecule has 2 N–H and O–H groups in total. The van der Waals surface area contributed by atoms with Gasteiger partial charge in [-0.3, -0.25) is 4.79 Å². The van der Waals surface area contributed by atoms with Crippen LogP contribution in [0.1, 0.15) is 6.92 Å². The Hall–Kier alpha value is -1.01. The fraction of sp³-hybridized carbons (Fsp3) is 0.500. The average molecular weight is 129 g/mol. The van der Waals surface area contributed by atoms with Crippen LogP contribution in [-0.4, -0.2) is 19.6 Å². The highest BCUT2D eigenvalue weighted by Crippen LogP contribution is 1.61. The molecule has 0 saturated carbocycles. The van der Waals surface area contributed by atoms with Crippen LogP contribution in [0, 0.1) is 12.3 Å². The summed E-state index contributed by atoms with van der Waals surface area (Å²) >= 11 is 0. The lowest BCUT2D eigenvalue weighted by Crippen LogP contribution is -2.14. The van der Waals surface area contributed by atoms with E-state index in [9.17, 15) is 4.79 Å². The summed E-state index contributed by atoms with van der Waals surface area (Å²) in [5.41, 5.74) is 4.81. The molecule has 0 spiro atoms. The second kappa shape index (κ2) is 10.1. The van der Waals surface area contributed by atoms with Crippen molar-refractivity contribution in [1.29, 1.82) is 0 Å². The van der Waals surface area contributed by atoms with E-state index in [1.807, 2.05) is 0 Å². The molecule has 0 fully saturated rings. The SMILES string of the molecule is C#CC.COC(=O)CN. The summed E-state index contributed by atoms with van der Waals surface area (Å²) in [5, 5.41) is 0. The number of ether oxygens (including phenoxy) is 1. The van der Waals surface area contributed by atoms with E-state index in [0.717, 1.165) is 0 Å². The predicted molar refractivity (Wildman–Crippen MR) is 35.6 cm³/mol. The molecule has 0 aliphatic rings. The molecule has 0 aromatic rings. The van der Waals surface area contributed by atoms with Crippen molar-refractivity contribution >= 4 is 5.97 Å². The summed E-state index contributed by atoms with van der Waals surface area (Å²) in [6, 6.07) is 0. The lowest BCUT2D eigenvalue weighted by Gasteiger charge is -1.87. The van der Waals surface area contributed by atoms with E-state index >= 15 is 0 Å². The number of methoxy groups -OCH3 is 1. The van der Waals surface area contributed by atoms with Gasteiger partial charge in [0.1, 0.15) is 0 Å². The van der Waals surface area contributed by atoms with Crippen LogP contribution in [0.15, 0.2) is 0 Å². The fourth-order valence-corrected chi connectivity index (χ4v) is 0.0833. The number of carbonyl (C=O) groups is 1. The Kier molecular flexibility index (Phi) is 12.2. The van der Waals surface area contributed by atoms with Gasteiger partial charge in [-0.05, 0) is 6.92 Å². The molecule has 0 bridgehead atoms. The summed E-state index contributed by atoms with van der Waals surface area (Å²) < 4.78 is 4.14. The van der Waals surface area contributed by atoms with E-state index < -0.39 is 0 Å². The molecule has 0 aromatic heterocycles. The van der Waals surface area contributed by atoms with Gasteiger partial charge in [0.25, 0.3) is 0 Å². The number of rotatable bonds is 1. The highest BCUT2D eigenvalue weighted by atomic mass is 16.5. The molecule has 0 aromatic carbocycles. The summed E-state index contributed by atoms with van der Waals surface area (Å²) in [6.07, 6.45) is 4.60. The van der Waals surface area contributed by atoms with Crippen LogP contribution in [0.5, 0.6) is 0 Å². The molecule has 52 valence electrons. The van der Waals surface area contributed by atoms with Crippen LogP contribution < -0.4 is 5.73 Å². The zero-order valence-electron chi connectivity index (χ0n) is 5.68. The van der Waals surface area contributed by atoms with Gasteiger partial charge in [-0.15, -0.1) is 12.3 Å². The smallest absolute Gasteiger partial charge is 0.319 e. The Balaban J connectivity index is 0.